The highest BCUT2D eigenvalue weighted by Gasteiger charge is 2.04. The van der Waals surface area contributed by atoms with Gasteiger partial charge in [-0.3, -0.25) is 9.11 Å². The zero-order valence-corrected chi connectivity index (χ0v) is 13.4. The van der Waals surface area contributed by atoms with Crippen LogP contribution in [0.5, 0.6) is 0 Å². The molecule has 0 rings (SSSR count). The van der Waals surface area contributed by atoms with E-state index in [9.17, 15) is 16.8 Å². The van der Waals surface area contributed by atoms with Gasteiger partial charge in [-0.2, -0.15) is 16.8 Å². The van der Waals surface area contributed by atoms with E-state index < -0.39 is 20.2 Å². The topological polar surface area (TPSA) is 109 Å². The van der Waals surface area contributed by atoms with Gasteiger partial charge >= 0.3 is 0 Å². The van der Waals surface area contributed by atoms with Crippen molar-refractivity contribution in [1.29, 1.82) is 0 Å². The quantitative estimate of drug-likeness (QED) is 0.321. The minimum absolute atomic E-state index is 0.167. The Kier molecular flexibility index (Phi) is 10.2. The molecule has 0 fully saturated rings. The van der Waals surface area contributed by atoms with Crippen LogP contribution in [-0.2, 0) is 20.2 Å². The lowest BCUT2D eigenvalue weighted by molar-refractivity contribution is 0.478. The fourth-order valence-corrected chi connectivity index (χ4v) is 3.74. The predicted molar refractivity (Wildman–Crippen MR) is 77.2 cm³/mol. The van der Waals surface area contributed by atoms with Gasteiger partial charge in [0.05, 0.1) is 11.5 Å². The Labute approximate surface area is 117 Å². The van der Waals surface area contributed by atoms with E-state index in [-0.39, 0.29) is 11.5 Å². The van der Waals surface area contributed by atoms with Crippen molar-refractivity contribution in [3.05, 3.63) is 0 Å². The third-order valence-electron chi connectivity index (χ3n) is 2.44. The van der Waals surface area contributed by atoms with Crippen LogP contribution in [0.4, 0.5) is 0 Å². The molecule has 0 aromatic carbocycles. The highest BCUT2D eigenvalue weighted by molar-refractivity contribution is 7.86. The van der Waals surface area contributed by atoms with E-state index in [0.29, 0.717) is 12.8 Å². The van der Waals surface area contributed by atoms with Gasteiger partial charge < -0.3 is 0 Å². The Bertz CT molecular complexity index is 377. The van der Waals surface area contributed by atoms with E-state index in [1.165, 1.54) is 8.58 Å². The van der Waals surface area contributed by atoms with Gasteiger partial charge in [-0.15, -0.1) is 0 Å². The largest absolute Gasteiger partial charge is 0.286 e. The van der Waals surface area contributed by atoms with Crippen LogP contribution < -0.4 is 0 Å². The van der Waals surface area contributed by atoms with E-state index in [0.717, 1.165) is 38.0 Å². The molecule has 0 aliphatic rings. The van der Waals surface area contributed by atoms with E-state index in [1.807, 2.05) is 0 Å². The van der Waals surface area contributed by atoms with E-state index in [1.54, 1.807) is 0 Å². The first-order chi connectivity index (χ1) is 8.71. The molecule has 0 bridgehead atoms. The fourth-order valence-electron chi connectivity index (χ4n) is 1.48. The lowest BCUT2D eigenvalue weighted by Crippen LogP contribution is -2.03. The van der Waals surface area contributed by atoms with Crippen molar-refractivity contribution in [2.24, 2.45) is 0 Å². The average molecular weight is 333 g/mol. The van der Waals surface area contributed by atoms with Crippen LogP contribution in [0.2, 0.25) is 0 Å². The van der Waals surface area contributed by atoms with Gasteiger partial charge in [0.1, 0.15) is 0 Å². The first-order valence-corrected chi connectivity index (χ1v) is 10.7. The van der Waals surface area contributed by atoms with Gasteiger partial charge in [-0.05, 0) is 38.0 Å². The molecule has 0 unspecified atom stereocenters. The van der Waals surface area contributed by atoms with Crippen molar-refractivity contribution >= 4 is 28.8 Å². The van der Waals surface area contributed by atoms with Crippen LogP contribution >= 0.6 is 8.58 Å². The van der Waals surface area contributed by atoms with Gasteiger partial charge in [0.25, 0.3) is 20.2 Å². The van der Waals surface area contributed by atoms with Crippen molar-refractivity contribution < 1.29 is 25.9 Å². The summed E-state index contributed by atoms with van der Waals surface area (Å²) in [5, 5.41) is 0. The van der Waals surface area contributed by atoms with Crippen molar-refractivity contribution in [3.8, 4) is 0 Å². The molecule has 9 heteroatoms. The molecule has 0 atom stereocenters. The Balaban J connectivity index is 3.20. The minimum atomic E-state index is -3.82. The van der Waals surface area contributed by atoms with Crippen LogP contribution in [0.1, 0.15) is 38.5 Å². The Morgan fingerprint density at radius 1 is 0.632 bits per heavy atom. The van der Waals surface area contributed by atoms with Crippen molar-refractivity contribution in [2.75, 3.05) is 23.8 Å². The molecule has 0 amide bonds. The zero-order chi connectivity index (χ0) is 14.8. The molecule has 0 heterocycles. The summed E-state index contributed by atoms with van der Waals surface area (Å²) < 4.78 is 58.7. The molecule has 0 aliphatic carbocycles. The van der Waals surface area contributed by atoms with Gasteiger partial charge in [-0.1, -0.05) is 21.4 Å². The highest BCUT2D eigenvalue weighted by Crippen LogP contribution is 2.16. The Hall–Kier alpha value is 0.250. The third kappa shape index (κ3) is 18.2. The second kappa shape index (κ2) is 10.0. The highest BCUT2D eigenvalue weighted by atomic mass is 32.2. The maximum atomic E-state index is 10.4. The molecule has 0 aromatic heterocycles. The van der Waals surface area contributed by atoms with Crippen molar-refractivity contribution in [1.82, 2.24) is 0 Å². The molecule has 2 N–H and O–H groups in total. The van der Waals surface area contributed by atoms with E-state index in [4.69, 9.17) is 9.11 Å². The second-order valence-electron chi connectivity index (χ2n) is 4.36. The van der Waals surface area contributed by atoms with Gasteiger partial charge in [0.15, 0.2) is 0 Å². The summed E-state index contributed by atoms with van der Waals surface area (Å²) in [6.07, 6.45) is 6.40. The van der Waals surface area contributed by atoms with E-state index in [2.05, 4.69) is 0 Å². The molecule has 19 heavy (non-hydrogen) atoms. The molecule has 6 nitrogen and oxygen atoms in total. The molecule has 0 aromatic rings. The first kappa shape index (κ1) is 19.2. The molecule has 115 valence electrons. The molecule has 0 saturated heterocycles. The smallest absolute Gasteiger partial charge is 0.264 e. The van der Waals surface area contributed by atoms with Crippen LogP contribution in [0, 0.1) is 0 Å². The minimum Gasteiger partial charge on any atom is -0.286 e. The monoisotopic (exact) mass is 333 g/mol. The number of hydrogen-bond acceptors (Lipinski definition) is 4. The fraction of sp³-hybridized carbons (Fsp3) is 1.00. The maximum Gasteiger partial charge on any atom is 0.264 e. The van der Waals surface area contributed by atoms with Crippen LogP contribution in [0.3, 0.4) is 0 Å². The molecular formula is C10H22O6PS2. The third-order valence-corrected chi connectivity index (χ3v) is 5.31. The lowest BCUT2D eigenvalue weighted by atomic mass is 10.3. The summed E-state index contributed by atoms with van der Waals surface area (Å²) >= 11 is 0. The van der Waals surface area contributed by atoms with Crippen molar-refractivity contribution in [3.63, 3.8) is 0 Å². The summed E-state index contributed by atoms with van der Waals surface area (Å²) in [6, 6.07) is 0. The van der Waals surface area contributed by atoms with Gasteiger partial charge in [0.2, 0.25) is 0 Å². The predicted octanol–water partition coefficient (Wildman–Crippen LogP) is 2.05. The second-order valence-corrected chi connectivity index (χ2v) is 8.85. The summed E-state index contributed by atoms with van der Waals surface area (Å²) in [5.74, 6) is -0.334. The summed E-state index contributed by atoms with van der Waals surface area (Å²) in [4.78, 5) is 0. The Morgan fingerprint density at radius 2 is 1.00 bits per heavy atom. The number of unbranched alkanes of at least 4 members (excludes halogenated alkanes) is 4. The van der Waals surface area contributed by atoms with Gasteiger partial charge in [0, 0.05) is 0 Å². The number of rotatable bonds is 12. The SMILES string of the molecule is O=S(=O)(O)CCCCC[P]CCCCCS(=O)(=O)O. The molecule has 0 aliphatic heterocycles. The molecule has 1 radical (unpaired) electrons. The average Bonchev–Trinajstić information content (AvgIpc) is 2.22. The molecular weight excluding hydrogens is 311 g/mol. The van der Waals surface area contributed by atoms with Crippen LogP contribution in [0.15, 0.2) is 0 Å². The van der Waals surface area contributed by atoms with E-state index >= 15 is 0 Å². The maximum absolute atomic E-state index is 10.4. The van der Waals surface area contributed by atoms with Crippen molar-refractivity contribution in [2.45, 2.75) is 38.5 Å². The van der Waals surface area contributed by atoms with Gasteiger partial charge in [-0.25, -0.2) is 0 Å². The number of hydrogen-bond donors (Lipinski definition) is 2. The Morgan fingerprint density at radius 3 is 1.32 bits per heavy atom. The van der Waals surface area contributed by atoms with Crippen LogP contribution in [-0.4, -0.2) is 49.8 Å². The molecule has 0 spiro atoms. The summed E-state index contributed by atoms with van der Waals surface area (Å²) in [7, 11) is -6.36. The molecule has 0 saturated carbocycles. The first-order valence-electron chi connectivity index (χ1n) is 6.24. The summed E-state index contributed by atoms with van der Waals surface area (Å²) in [5.41, 5.74) is 0. The zero-order valence-electron chi connectivity index (χ0n) is 10.9. The normalized spacial score (nSPS) is 12.7. The summed E-state index contributed by atoms with van der Waals surface area (Å²) in [6.45, 7) is 0. The lowest BCUT2D eigenvalue weighted by Gasteiger charge is -2.01. The van der Waals surface area contributed by atoms with Crippen LogP contribution in [0.25, 0.3) is 0 Å². The standard InChI is InChI=1S/C10H22O6PS2/c11-18(12,13)9-5-1-3-7-17-8-4-2-6-10-19(14,15)16/h1-10H2,(H,11,12,13)(H,14,15,16).